The highest BCUT2D eigenvalue weighted by Gasteiger charge is 2.09. The molecule has 0 aliphatic heterocycles. The molecule has 0 fully saturated rings. The molecule has 1 unspecified atom stereocenters. The van der Waals surface area contributed by atoms with Crippen molar-refractivity contribution < 1.29 is 0 Å². The summed E-state index contributed by atoms with van der Waals surface area (Å²) in [6, 6.07) is 7.85. The van der Waals surface area contributed by atoms with Crippen molar-refractivity contribution in [3.8, 4) is 6.07 Å². The van der Waals surface area contributed by atoms with Crippen molar-refractivity contribution in [1.82, 2.24) is 14.9 Å². The van der Waals surface area contributed by atoms with Crippen molar-refractivity contribution in [3.63, 3.8) is 0 Å². The number of nitrogen functional groups attached to an aromatic ring is 1. The van der Waals surface area contributed by atoms with E-state index in [0.29, 0.717) is 6.54 Å². The predicted molar refractivity (Wildman–Crippen MR) is 71.6 cm³/mol. The summed E-state index contributed by atoms with van der Waals surface area (Å²) in [5, 5.41) is 8.78. The summed E-state index contributed by atoms with van der Waals surface area (Å²) in [5.41, 5.74) is 8.32. The largest absolute Gasteiger partial charge is 0.399 e. The first-order chi connectivity index (χ1) is 8.58. The van der Waals surface area contributed by atoms with Crippen LogP contribution in [0.25, 0.3) is 11.0 Å². The Bertz CT molecular complexity index is 581. The second-order valence-electron chi connectivity index (χ2n) is 4.69. The number of H-pyrrole nitrogens is 1. The van der Waals surface area contributed by atoms with E-state index >= 15 is 0 Å². The van der Waals surface area contributed by atoms with E-state index in [0.717, 1.165) is 29.1 Å². The van der Waals surface area contributed by atoms with Gasteiger partial charge in [-0.05, 0) is 32.2 Å². The van der Waals surface area contributed by atoms with E-state index < -0.39 is 0 Å². The number of nitrogens with zero attached hydrogens (tertiary/aromatic N) is 3. The number of anilines is 1. The molecule has 2 aromatic rings. The number of hydrogen-bond acceptors (Lipinski definition) is 4. The number of benzene rings is 1. The molecule has 3 N–H and O–H groups in total. The number of aromatic nitrogens is 2. The van der Waals surface area contributed by atoms with E-state index in [1.54, 1.807) is 0 Å². The lowest BCUT2D eigenvalue weighted by atomic mass is 10.2. The maximum absolute atomic E-state index is 8.78. The Morgan fingerprint density at radius 3 is 3.06 bits per heavy atom. The summed E-state index contributed by atoms with van der Waals surface area (Å²) < 4.78 is 0. The maximum Gasteiger partial charge on any atom is 0.121 e. The second-order valence-corrected chi connectivity index (χ2v) is 4.69. The van der Waals surface area contributed by atoms with Gasteiger partial charge in [0.25, 0.3) is 0 Å². The number of nitriles is 1. The third-order valence-electron chi connectivity index (χ3n) is 2.78. The molecule has 5 heteroatoms. The van der Waals surface area contributed by atoms with Gasteiger partial charge in [-0.3, -0.25) is 4.90 Å². The Labute approximate surface area is 106 Å². The number of fused-ring (bicyclic) bond motifs is 1. The molecule has 0 amide bonds. The van der Waals surface area contributed by atoms with Gasteiger partial charge < -0.3 is 10.7 Å². The highest BCUT2D eigenvalue weighted by molar-refractivity contribution is 5.78. The maximum atomic E-state index is 8.78. The van der Waals surface area contributed by atoms with Crippen LogP contribution in [0.5, 0.6) is 0 Å². The molecule has 0 spiro atoms. The minimum absolute atomic E-state index is 0.0232. The van der Waals surface area contributed by atoms with Crippen LogP contribution in [0.3, 0.4) is 0 Å². The standard InChI is InChI=1S/C13H17N5/c1-9(6-14)7-18(2)8-13-16-11-4-3-10(15)5-12(11)17-13/h3-5,9H,7-8,15H2,1-2H3,(H,16,17). The van der Waals surface area contributed by atoms with Crippen LogP contribution in [0.4, 0.5) is 5.69 Å². The summed E-state index contributed by atoms with van der Waals surface area (Å²) in [6.07, 6.45) is 0. The number of nitrogens with two attached hydrogens (primary N) is 1. The molecule has 0 saturated heterocycles. The molecule has 1 aromatic carbocycles. The van der Waals surface area contributed by atoms with Crippen LogP contribution >= 0.6 is 0 Å². The number of rotatable bonds is 4. The molecule has 0 saturated carbocycles. The zero-order valence-corrected chi connectivity index (χ0v) is 10.6. The van der Waals surface area contributed by atoms with E-state index in [4.69, 9.17) is 11.0 Å². The number of hydrogen-bond donors (Lipinski definition) is 2. The van der Waals surface area contributed by atoms with Crippen molar-refractivity contribution in [1.29, 1.82) is 5.26 Å². The average Bonchev–Trinajstić information content (AvgIpc) is 2.69. The van der Waals surface area contributed by atoms with E-state index in [2.05, 4.69) is 20.9 Å². The van der Waals surface area contributed by atoms with Crippen LogP contribution in [0.15, 0.2) is 18.2 Å². The highest BCUT2D eigenvalue weighted by Crippen LogP contribution is 2.15. The molecule has 1 heterocycles. The van der Waals surface area contributed by atoms with Gasteiger partial charge in [-0.1, -0.05) is 0 Å². The number of nitrogens with one attached hydrogen (secondary N) is 1. The summed E-state index contributed by atoms with van der Waals surface area (Å²) in [6.45, 7) is 3.34. The fraction of sp³-hybridized carbons (Fsp3) is 0.385. The Kier molecular flexibility index (Phi) is 3.49. The lowest BCUT2D eigenvalue weighted by molar-refractivity contribution is 0.297. The lowest BCUT2D eigenvalue weighted by Crippen LogP contribution is -2.23. The van der Waals surface area contributed by atoms with Crippen molar-refractivity contribution in [3.05, 3.63) is 24.0 Å². The molecule has 2 rings (SSSR count). The van der Waals surface area contributed by atoms with Crippen molar-refractivity contribution in [2.75, 3.05) is 19.3 Å². The summed E-state index contributed by atoms with van der Waals surface area (Å²) in [7, 11) is 1.98. The monoisotopic (exact) mass is 243 g/mol. The fourth-order valence-electron chi connectivity index (χ4n) is 1.98. The molecule has 18 heavy (non-hydrogen) atoms. The zero-order valence-electron chi connectivity index (χ0n) is 10.6. The Morgan fingerprint density at radius 1 is 1.56 bits per heavy atom. The zero-order chi connectivity index (χ0) is 13.1. The van der Waals surface area contributed by atoms with Crippen molar-refractivity contribution >= 4 is 16.7 Å². The third-order valence-corrected chi connectivity index (χ3v) is 2.78. The Hall–Kier alpha value is -2.06. The van der Waals surface area contributed by atoms with E-state index in [9.17, 15) is 0 Å². The van der Waals surface area contributed by atoms with Gasteiger partial charge in [-0.2, -0.15) is 5.26 Å². The van der Waals surface area contributed by atoms with Crippen LogP contribution in [0.2, 0.25) is 0 Å². The molecular formula is C13H17N5. The third kappa shape index (κ3) is 2.79. The van der Waals surface area contributed by atoms with Crippen LogP contribution in [-0.4, -0.2) is 28.5 Å². The first-order valence-corrected chi connectivity index (χ1v) is 5.91. The normalized spacial score (nSPS) is 12.8. The predicted octanol–water partition coefficient (Wildman–Crippen LogP) is 1.74. The van der Waals surface area contributed by atoms with Crippen LogP contribution < -0.4 is 5.73 Å². The number of aromatic amines is 1. The van der Waals surface area contributed by atoms with Crippen LogP contribution in [-0.2, 0) is 6.54 Å². The van der Waals surface area contributed by atoms with E-state index in [1.807, 2.05) is 32.2 Å². The van der Waals surface area contributed by atoms with Gasteiger partial charge in [0.05, 0.1) is 29.6 Å². The average molecular weight is 243 g/mol. The second kappa shape index (κ2) is 5.07. The van der Waals surface area contributed by atoms with Crippen LogP contribution in [0.1, 0.15) is 12.7 Å². The van der Waals surface area contributed by atoms with Gasteiger partial charge in [0.15, 0.2) is 0 Å². The topological polar surface area (TPSA) is 81.7 Å². The highest BCUT2D eigenvalue weighted by atomic mass is 15.1. The quantitative estimate of drug-likeness (QED) is 0.801. The van der Waals surface area contributed by atoms with Gasteiger partial charge in [0.2, 0.25) is 0 Å². The molecule has 0 radical (unpaired) electrons. The first-order valence-electron chi connectivity index (χ1n) is 5.91. The summed E-state index contributed by atoms with van der Waals surface area (Å²) in [5.74, 6) is 0.915. The molecule has 94 valence electrons. The summed E-state index contributed by atoms with van der Waals surface area (Å²) in [4.78, 5) is 9.81. The molecule has 0 bridgehead atoms. The SMILES string of the molecule is CC(C#N)CN(C)Cc1nc2ccc(N)cc2[nH]1. The molecule has 1 atom stereocenters. The Balaban J connectivity index is 2.10. The summed E-state index contributed by atoms with van der Waals surface area (Å²) >= 11 is 0. The molecule has 0 aliphatic carbocycles. The molecule has 5 nitrogen and oxygen atoms in total. The van der Waals surface area contributed by atoms with Crippen molar-refractivity contribution in [2.24, 2.45) is 5.92 Å². The fourth-order valence-corrected chi connectivity index (χ4v) is 1.98. The van der Waals surface area contributed by atoms with Crippen molar-refractivity contribution in [2.45, 2.75) is 13.5 Å². The van der Waals surface area contributed by atoms with Gasteiger partial charge >= 0.3 is 0 Å². The minimum atomic E-state index is 0.0232. The number of imidazole rings is 1. The lowest BCUT2D eigenvalue weighted by Gasteiger charge is -2.15. The molecular weight excluding hydrogens is 226 g/mol. The smallest absolute Gasteiger partial charge is 0.121 e. The van der Waals surface area contributed by atoms with E-state index in [1.165, 1.54) is 0 Å². The van der Waals surface area contributed by atoms with Crippen LogP contribution in [0, 0.1) is 17.2 Å². The van der Waals surface area contributed by atoms with Gasteiger partial charge in [0, 0.05) is 12.2 Å². The Morgan fingerprint density at radius 2 is 2.33 bits per heavy atom. The van der Waals surface area contributed by atoms with Gasteiger partial charge in [0.1, 0.15) is 5.82 Å². The molecule has 0 aliphatic rings. The molecule has 1 aromatic heterocycles. The first kappa shape index (κ1) is 12.4. The van der Waals surface area contributed by atoms with E-state index in [-0.39, 0.29) is 5.92 Å². The van der Waals surface area contributed by atoms with Gasteiger partial charge in [-0.25, -0.2) is 4.98 Å². The minimum Gasteiger partial charge on any atom is -0.399 e. The van der Waals surface area contributed by atoms with Gasteiger partial charge in [-0.15, -0.1) is 0 Å².